The summed E-state index contributed by atoms with van der Waals surface area (Å²) in [5.74, 6) is 1.21. The van der Waals surface area contributed by atoms with E-state index in [2.05, 4.69) is 29.8 Å². The molecule has 2 rings (SSSR count). The van der Waals surface area contributed by atoms with Crippen molar-refractivity contribution in [3.63, 3.8) is 0 Å². The molecule has 0 unspecified atom stereocenters. The zero-order chi connectivity index (χ0) is 21.2. The van der Waals surface area contributed by atoms with E-state index < -0.39 is 0 Å². The fraction of sp³-hybridized carbons (Fsp3) is 0.391. The number of rotatable bonds is 10. The van der Waals surface area contributed by atoms with Crippen molar-refractivity contribution in [2.24, 2.45) is 5.92 Å². The molecule has 0 aromatic heterocycles. The Balaban J connectivity index is 1.85. The van der Waals surface area contributed by atoms with Gasteiger partial charge in [0.15, 0.2) is 0 Å². The topological polar surface area (TPSA) is 79.5 Å². The first-order chi connectivity index (χ1) is 13.9. The maximum absolute atomic E-state index is 12.3. The smallest absolute Gasteiger partial charge is 0.243 e. The lowest BCUT2D eigenvalue weighted by molar-refractivity contribution is -0.116. The van der Waals surface area contributed by atoms with E-state index in [4.69, 9.17) is 4.74 Å². The fourth-order valence-corrected chi connectivity index (χ4v) is 2.60. The van der Waals surface area contributed by atoms with E-state index in [1.54, 1.807) is 13.0 Å². The summed E-state index contributed by atoms with van der Waals surface area (Å²) in [6, 6.07) is 13.0. The number of nitrogens with one attached hydrogen (secondary N) is 3. The normalized spacial score (nSPS) is 10.5. The molecule has 0 fully saturated rings. The Morgan fingerprint density at radius 3 is 2.17 bits per heavy atom. The fourth-order valence-electron chi connectivity index (χ4n) is 2.60. The van der Waals surface area contributed by atoms with Gasteiger partial charge in [0.1, 0.15) is 5.75 Å². The van der Waals surface area contributed by atoms with Crippen LogP contribution in [-0.2, 0) is 9.59 Å². The van der Waals surface area contributed by atoms with Gasteiger partial charge in [0.05, 0.1) is 13.2 Å². The second kappa shape index (κ2) is 11.1. The van der Waals surface area contributed by atoms with Gasteiger partial charge in [-0.2, -0.15) is 0 Å². The number of benzene rings is 2. The van der Waals surface area contributed by atoms with Crippen LogP contribution in [0.25, 0.3) is 0 Å². The van der Waals surface area contributed by atoms with Crippen LogP contribution in [0.4, 0.5) is 17.1 Å². The highest BCUT2D eigenvalue weighted by Crippen LogP contribution is 2.23. The Hall–Kier alpha value is -3.02. The van der Waals surface area contributed by atoms with E-state index in [0.29, 0.717) is 30.3 Å². The Morgan fingerprint density at radius 2 is 1.59 bits per heavy atom. The summed E-state index contributed by atoms with van der Waals surface area (Å²) in [5.41, 5.74) is 3.05. The Morgan fingerprint density at radius 1 is 0.966 bits per heavy atom. The van der Waals surface area contributed by atoms with Crippen molar-refractivity contribution in [2.45, 2.75) is 40.5 Å². The number of amides is 2. The Kier molecular flexibility index (Phi) is 8.52. The number of hydrogen-bond acceptors (Lipinski definition) is 4. The van der Waals surface area contributed by atoms with Crippen molar-refractivity contribution in [3.05, 3.63) is 48.0 Å². The zero-order valence-electron chi connectivity index (χ0n) is 17.7. The number of carbonyl (C=O) groups is 2. The molecule has 2 aromatic carbocycles. The van der Waals surface area contributed by atoms with Crippen molar-refractivity contribution >= 4 is 28.9 Å². The molecule has 156 valence electrons. The molecule has 2 aromatic rings. The lowest BCUT2D eigenvalue weighted by atomic mass is 10.1. The van der Waals surface area contributed by atoms with Crippen LogP contribution in [0.5, 0.6) is 5.75 Å². The van der Waals surface area contributed by atoms with Crippen molar-refractivity contribution < 1.29 is 14.3 Å². The molecule has 6 heteroatoms. The summed E-state index contributed by atoms with van der Waals surface area (Å²) in [4.78, 5) is 23.9. The lowest BCUT2D eigenvalue weighted by Gasteiger charge is -2.14. The Labute approximate surface area is 173 Å². The van der Waals surface area contributed by atoms with E-state index in [1.165, 1.54) is 0 Å². The van der Waals surface area contributed by atoms with E-state index in [9.17, 15) is 9.59 Å². The molecule has 0 saturated carbocycles. The van der Waals surface area contributed by atoms with Crippen molar-refractivity contribution in [1.82, 2.24) is 0 Å². The predicted octanol–water partition coefficient (Wildman–Crippen LogP) is 4.82. The summed E-state index contributed by atoms with van der Waals surface area (Å²) in [6.07, 6.45) is 1.42. The number of carbonyl (C=O) groups excluding carboxylic acids is 2. The summed E-state index contributed by atoms with van der Waals surface area (Å²) in [6.45, 7) is 8.84. The molecule has 0 bridgehead atoms. The van der Waals surface area contributed by atoms with Gasteiger partial charge in [0.2, 0.25) is 11.8 Å². The van der Waals surface area contributed by atoms with Crippen LogP contribution in [0.15, 0.2) is 42.5 Å². The van der Waals surface area contributed by atoms with Gasteiger partial charge in [-0.15, -0.1) is 0 Å². The number of hydrogen-bond donors (Lipinski definition) is 3. The van der Waals surface area contributed by atoms with Gasteiger partial charge in [0, 0.05) is 23.5 Å². The molecule has 0 saturated heterocycles. The second-order valence-corrected chi connectivity index (χ2v) is 7.34. The van der Waals surface area contributed by atoms with Crippen molar-refractivity contribution in [2.75, 3.05) is 29.1 Å². The van der Waals surface area contributed by atoms with Crippen LogP contribution in [0.2, 0.25) is 0 Å². The molecule has 0 radical (unpaired) electrons. The zero-order valence-corrected chi connectivity index (χ0v) is 17.7. The van der Waals surface area contributed by atoms with Crippen molar-refractivity contribution in [1.29, 1.82) is 0 Å². The van der Waals surface area contributed by atoms with Gasteiger partial charge in [-0.25, -0.2) is 0 Å². The minimum absolute atomic E-state index is 0.0603. The van der Waals surface area contributed by atoms with Gasteiger partial charge in [-0.3, -0.25) is 9.59 Å². The van der Waals surface area contributed by atoms with Crippen molar-refractivity contribution in [3.8, 4) is 5.75 Å². The highest BCUT2D eigenvalue weighted by atomic mass is 16.5. The van der Waals surface area contributed by atoms with Gasteiger partial charge >= 0.3 is 0 Å². The summed E-state index contributed by atoms with van der Waals surface area (Å²) in [5, 5.41) is 8.83. The van der Waals surface area contributed by atoms with Crippen LogP contribution >= 0.6 is 0 Å². The third-order valence-electron chi connectivity index (χ3n) is 4.47. The molecular weight excluding hydrogens is 366 g/mol. The highest BCUT2D eigenvalue weighted by Gasteiger charge is 2.09. The third kappa shape index (κ3) is 7.49. The number of ether oxygens (including phenoxy) is 1. The molecule has 0 aliphatic rings. The molecule has 0 spiro atoms. The Bertz CT molecular complexity index is 817. The maximum atomic E-state index is 12.3. The van der Waals surface area contributed by atoms with Gasteiger partial charge in [-0.1, -0.05) is 26.8 Å². The maximum Gasteiger partial charge on any atom is 0.243 e. The molecular formula is C23H31N3O3. The molecule has 3 N–H and O–H groups in total. The van der Waals surface area contributed by atoms with Gasteiger partial charge in [-0.05, 0) is 61.2 Å². The van der Waals surface area contributed by atoms with Crippen LogP contribution in [0, 0.1) is 12.8 Å². The average molecular weight is 398 g/mol. The second-order valence-electron chi connectivity index (χ2n) is 7.34. The van der Waals surface area contributed by atoms with E-state index in [0.717, 1.165) is 23.4 Å². The van der Waals surface area contributed by atoms with Gasteiger partial charge in [0.25, 0.3) is 0 Å². The third-order valence-corrected chi connectivity index (χ3v) is 4.47. The summed E-state index contributed by atoms with van der Waals surface area (Å²) in [7, 11) is 0. The van der Waals surface area contributed by atoms with E-state index in [1.807, 2.05) is 43.3 Å². The van der Waals surface area contributed by atoms with Crippen LogP contribution < -0.4 is 20.7 Å². The first kappa shape index (κ1) is 22.3. The quantitative estimate of drug-likeness (QED) is 0.537. The molecule has 0 atom stereocenters. The molecule has 0 heterocycles. The molecule has 29 heavy (non-hydrogen) atoms. The first-order valence-electron chi connectivity index (χ1n) is 10.0. The number of anilines is 3. The molecule has 0 aliphatic heterocycles. The SMILES string of the molecule is CCC(=O)Nc1cccc(NC(=O)CNc2ccc(OCCC(C)C)cc2)c1C. The highest BCUT2D eigenvalue weighted by molar-refractivity contribution is 5.97. The standard InChI is InChI=1S/C23H31N3O3/c1-5-22(27)25-20-7-6-8-21(17(20)4)26-23(28)15-24-18-9-11-19(12-10-18)29-14-13-16(2)3/h6-12,16,24H,5,13-15H2,1-4H3,(H,25,27)(H,26,28). The van der Waals surface area contributed by atoms with Crippen LogP contribution in [0.3, 0.4) is 0 Å². The minimum atomic E-state index is -0.163. The minimum Gasteiger partial charge on any atom is -0.494 e. The molecule has 6 nitrogen and oxygen atoms in total. The summed E-state index contributed by atoms with van der Waals surface area (Å²) < 4.78 is 5.70. The van der Waals surface area contributed by atoms with Crippen LogP contribution in [-0.4, -0.2) is 25.0 Å². The molecule has 2 amide bonds. The monoisotopic (exact) mass is 397 g/mol. The van der Waals surface area contributed by atoms with E-state index in [-0.39, 0.29) is 18.4 Å². The van der Waals surface area contributed by atoms with Gasteiger partial charge < -0.3 is 20.7 Å². The first-order valence-corrected chi connectivity index (χ1v) is 10.0. The van der Waals surface area contributed by atoms with Crippen LogP contribution in [0.1, 0.15) is 39.2 Å². The largest absolute Gasteiger partial charge is 0.494 e. The molecule has 0 aliphatic carbocycles. The summed E-state index contributed by atoms with van der Waals surface area (Å²) >= 11 is 0. The average Bonchev–Trinajstić information content (AvgIpc) is 2.70. The van der Waals surface area contributed by atoms with E-state index >= 15 is 0 Å². The lowest BCUT2D eigenvalue weighted by Crippen LogP contribution is -2.22. The predicted molar refractivity (Wildman–Crippen MR) is 119 cm³/mol.